The van der Waals surface area contributed by atoms with E-state index in [0.717, 1.165) is 4.78 Å². The SMILES string of the molecule is CCP(=O)(Cl)N(C#N)N(C(C)C)C(C)C. The molecule has 0 radical (unpaired) electrons. The summed E-state index contributed by atoms with van der Waals surface area (Å²) in [5.74, 6) is 0. The highest BCUT2D eigenvalue weighted by Gasteiger charge is 2.33. The summed E-state index contributed by atoms with van der Waals surface area (Å²) in [5.41, 5.74) is 0. The summed E-state index contributed by atoms with van der Waals surface area (Å²) >= 11 is 5.89. The molecular weight excluding hydrogens is 233 g/mol. The lowest BCUT2D eigenvalue weighted by atomic mass is 10.3. The Hall–Kier alpha value is -0.230. The normalized spacial score (nSPS) is 15.5. The molecule has 0 fully saturated rings. The highest BCUT2D eigenvalue weighted by atomic mass is 35.7. The summed E-state index contributed by atoms with van der Waals surface area (Å²) in [4.78, 5) is 0. The van der Waals surface area contributed by atoms with Gasteiger partial charge < -0.3 is 0 Å². The molecule has 1 atom stereocenters. The Bertz CT molecular complexity index is 280. The number of halogens is 1. The van der Waals surface area contributed by atoms with Crippen molar-refractivity contribution in [3.8, 4) is 6.19 Å². The second-order valence-electron chi connectivity index (χ2n) is 3.89. The van der Waals surface area contributed by atoms with Gasteiger partial charge in [-0.2, -0.15) is 15.1 Å². The van der Waals surface area contributed by atoms with Gasteiger partial charge in [-0.15, -0.1) is 0 Å². The summed E-state index contributed by atoms with van der Waals surface area (Å²) < 4.78 is 13.1. The van der Waals surface area contributed by atoms with E-state index in [-0.39, 0.29) is 18.2 Å². The minimum Gasteiger partial charge on any atom is -0.280 e. The fraction of sp³-hybridized carbons (Fsp3) is 0.889. The molecule has 0 saturated carbocycles. The van der Waals surface area contributed by atoms with Crippen molar-refractivity contribution in [3.63, 3.8) is 0 Å². The van der Waals surface area contributed by atoms with Crippen LogP contribution in [0.25, 0.3) is 0 Å². The van der Waals surface area contributed by atoms with Gasteiger partial charge in [-0.05, 0) is 38.9 Å². The van der Waals surface area contributed by atoms with E-state index in [1.807, 2.05) is 33.9 Å². The third-order valence-electron chi connectivity index (χ3n) is 2.04. The van der Waals surface area contributed by atoms with Crippen molar-refractivity contribution in [1.82, 2.24) is 9.79 Å². The molecule has 1 unspecified atom stereocenters. The smallest absolute Gasteiger partial charge is 0.280 e. The van der Waals surface area contributed by atoms with Crippen molar-refractivity contribution in [3.05, 3.63) is 0 Å². The monoisotopic (exact) mass is 251 g/mol. The van der Waals surface area contributed by atoms with Crippen molar-refractivity contribution >= 4 is 17.9 Å². The van der Waals surface area contributed by atoms with Gasteiger partial charge >= 0.3 is 0 Å². The predicted octanol–water partition coefficient (Wildman–Crippen LogP) is 3.26. The first-order chi connectivity index (χ1) is 6.77. The molecule has 0 heterocycles. The van der Waals surface area contributed by atoms with Crippen LogP contribution < -0.4 is 0 Å². The molecule has 15 heavy (non-hydrogen) atoms. The molecule has 0 saturated heterocycles. The molecular formula is C9H19ClN3OP. The third-order valence-corrected chi connectivity index (χ3v) is 4.83. The molecule has 0 aliphatic heterocycles. The number of rotatable bonds is 5. The molecule has 0 rings (SSSR count). The summed E-state index contributed by atoms with van der Waals surface area (Å²) in [6.07, 6.45) is 2.20. The zero-order chi connectivity index (χ0) is 12.2. The molecule has 0 aromatic heterocycles. The van der Waals surface area contributed by atoms with Crippen LogP contribution >= 0.6 is 17.9 Å². The van der Waals surface area contributed by atoms with Crippen molar-refractivity contribution < 1.29 is 4.57 Å². The molecule has 0 aromatic carbocycles. The molecule has 6 heteroatoms. The predicted molar refractivity (Wildman–Crippen MR) is 63.6 cm³/mol. The van der Waals surface area contributed by atoms with E-state index in [9.17, 15) is 4.57 Å². The van der Waals surface area contributed by atoms with Gasteiger partial charge in [0.25, 0.3) is 6.65 Å². The quantitative estimate of drug-likeness (QED) is 0.326. The third kappa shape index (κ3) is 3.68. The molecule has 0 aliphatic carbocycles. The van der Waals surface area contributed by atoms with Crippen molar-refractivity contribution in [2.24, 2.45) is 0 Å². The Morgan fingerprint density at radius 3 is 1.93 bits per heavy atom. The Morgan fingerprint density at radius 1 is 1.33 bits per heavy atom. The highest BCUT2D eigenvalue weighted by molar-refractivity contribution is 7.87. The van der Waals surface area contributed by atoms with Crippen LogP contribution in [0.15, 0.2) is 0 Å². The lowest BCUT2D eigenvalue weighted by Crippen LogP contribution is -2.46. The van der Waals surface area contributed by atoms with Gasteiger partial charge in [-0.3, -0.25) is 4.57 Å². The van der Waals surface area contributed by atoms with Gasteiger partial charge in [0.2, 0.25) is 6.19 Å². The van der Waals surface area contributed by atoms with Crippen LogP contribution in [-0.2, 0) is 4.57 Å². The standard InChI is InChI=1S/C9H19ClN3OP/c1-6-15(10,14)12(7-11)13(8(2)3)9(4)5/h8-9H,6H2,1-5H3. The fourth-order valence-electron chi connectivity index (χ4n) is 1.44. The van der Waals surface area contributed by atoms with Crippen LogP contribution in [0.1, 0.15) is 34.6 Å². The zero-order valence-electron chi connectivity index (χ0n) is 9.94. The van der Waals surface area contributed by atoms with E-state index < -0.39 is 6.65 Å². The topological polar surface area (TPSA) is 47.3 Å². The van der Waals surface area contributed by atoms with Crippen molar-refractivity contribution in [2.45, 2.75) is 46.7 Å². The summed E-state index contributed by atoms with van der Waals surface area (Å²) in [6.45, 7) is 6.41. The minimum absolute atomic E-state index is 0.0864. The number of hydrogen-bond donors (Lipinski definition) is 0. The first kappa shape index (κ1) is 14.8. The van der Waals surface area contributed by atoms with Gasteiger partial charge in [0, 0.05) is 18.2 Å². The van der Waals surface area contributed by atoms with E-state index in [1.54, 1.807) is 11.9 Å². The van der Waals surface area contributed by atoms with Crippen LogP contribution in [-0.4, -0.2) is 28.0 Å². The summed E-state index contributed by atoms with van der Waals surface area (Å²) in [5, 5.41) is 10.8. The van der Waals surface area contributed by atoms with E-state index in [1.165, 1.54) is 0 Å². The second-order valence-corrected chi connectivity index (χ2v) is 7.72. The lowest BCUT2D eigenvalue weighted by molar-refractivity contribution is 0.0370. The van der Waals surface area contributed by atoms with E-state index in [0.29, 0.717) is 0 Å². The van der Waals surface area contributed by atoms with Gasteiger partial charge in [-0.1, -0.05) is 6.92 Å². The average Bonchev–Trinajstić information content (AvgIpc) is 2.12. The maximum atomic E-state index is 12.0. The first-order valence-electron chi connectivity index (χ1n) is 5.05. The maximum absolute atomic E-state index is 12.0. The number of nitrogens with zero attached hydrogens (tertiary/aromatic N) is 3. The van der Waals surface area contributed by atoms with Crippen LogP contribution in [0.4, 0.5) is 0 Å². The molecule has 88 valence electrons. The van der Waals surface area contributed by atoms with Gasteiger partial charge in [0.15, 0.2) is 0 Å². The van der Waals surface area contributed by atoms with Crippen LogP contribution in [0.2, 0.25) is 0 Å². The molecule has 0 bridgehead atoms. The molecule has 0 aromatic rings. The van der Waals surface area contributed by atoms with E-state index >= 15 is 0 Å². The van der Waals surface area contributed by atoms with Crippen LogP contribution in [0.5, 0.6) is 0 Å². The van der Waals surface area contributed by atoms with Gasteiger partial charge in [0.05, 0.1) is 0 Å². The zero-order valence-corrected chi connectivity index (χ0v) is 11.6. The van der Waals surface area contributed by atoms with E-state index in [4.69, 9.17) is 16.5 Å². The number of hydrogen-bond acceptors (Lipinski definition) is 3. The Balaban J connectivity index is 5.11. The Labute approximate surface area is 97.0 Å². The number of hydrazine groups is 1. The minimum atomic E-state index is -3.08. The second kappa shape index (κ2) is 5.75. The van der Waals surface area contributed by atoms with Crippen molar-refractivity contribution in [1.29, 1.82) is 5.26 Å². The molecule has 0 aliphatic rings. The molecule has 0 amide bonds. The Morgan fingerprint density at radius 2 is 1.73 bits per heavy atom. The fourth-order valence-corrected chi connectivity index (χ4v) is 2.90. The highest BCUT2D eigenvalue weighted by Crippen LogP contribution is 2.55. The molecule has 4 nitrogen and oxygen atoms in total. The Kier molecular flexibility index (Phi) is 5.66. The molecule has 0 N–H and O–H groups in total. The summed E-state index contributed by atoms with van der Waals surface area (Å²) in [6, 6.07) is 0.173. The first-order valence-corrected chi connectivity index (χ1v) is 7.80. The van der Waals surface area contributed by atoms with Crippen LogP contribution in [0.3, 0.4) is 0 Å². The van der Waals surface area contributed by atoms with Crippen molar-refractivity contribution in [2.75, 3.05) is 6.16 Å². The molecule has 0 spiro atoms. The average molecular weight is 252 g/mol. The lowest BCUT2D eigenvalue weighted by Gasteiger charge is -2.38. The van der Waals surface area contributed by atoms with Gasteiger partial charge in [0.1, 0.15) is 0 Å². The largest absolute Gasteiger partial charge is 0.280 e. The van der Waals surface area contributed by atoms with Crippen LogP contribution in [0, 0.1) is 11.5 Å². The maximum Gasteiger partial charge on any atom is 0.280 e. The number of nitriles is 1. The summed E-state index contributed by atoms with van der Waals surface area (Å²) in [7, 11) is 0. The van der Waals surface area contributed by atoms with E-state index in [2.05, 4.69) is 0 Å². The van der Waals surface area contributed by atoms with Gasteiger partial charge in [-0.25, -0.2) is 0 Å².